The van der Waals surface area contributed by atoms with Crippen molar-refractivity contribution in [1.29, 1.82) is 0 Å². The van der Waals surface area contributed by atoms with Gasteiger partial charge in [0.1, 0.15) is 18.2 Å². The molecule has 0 aliphatic carbocycles. The van der Waals surface area contributed by atoms with Crippen LogP contribution in [-0.2, 0) is 6.61 Å². The highest BCUT2D eigenvalue weighted by atomic mass is 19.1. The number of aromatic nitrogens is 3. The van der Waals surface area contributed by atoms with E-state index < -0.39 is 0 Å². The monoisotopic (exact) mass is 311 g/mol. The molecular formula is C16H14FN5O. The average Bonchev–Trinajstić information content (AvgIpc) is 2.54. The fourth-order valence-corrected chi connectivity index (χ4v) is 1.99. The number of nitrogen functional groups attached to an aromatic ring is 2. The summed E-state index contributed by atoms with van der Waals surface area (Å²) in [7, 11) is 0. The minimum atomic E-state index is -0.269. The van der Waals surface area contributed by atoms with Gasteiger partial charge in [-0.15, -0.1) is 0 Å². The highest BCUT2D eigenvalue weighted by molar-refractivity contribution is 5.58. The Bertz CT molecular complexity index is 785. The number of hydrogen-bond acceptors (Lipinski definition) is 6. The van der Waals surface area contributed by atoms with E-state index in [1.54, 1.807) is 36.4 Å². The van der Waals surface area contributed by atoms with Crippen LogP contribution in [0.25, 0.3) is 11.4 Å². The molecule has 0 atom stereocenters. The van der Waals surface area contributed by atoms with Crippen molar-refractivity contribution in [2.45, 2.75) is 6.61 Å². The van der Waals surface area contributed by atoms with Gasteiger partial charge in [-0.05, 0) is 42.0 Å². The average molecular weight is 311 g/mol. The minimum absolute atomic E-state index is 0.0733. The van der Waals surface area contributed by atoms with Crippen LogP contribution in [0.5, 0.6) is 5.75 Å². The molecule has 0 aliphatic heterocycles. The van der Waals surface area contributed by atoms with Crippen LogP contribution < -0.4 is 16.2 Å². The third-order valence-electron chi connectivity index (χ3n) is 3.10. The van der Waals surface area contributed by atoms with Crippen molar-refractivity contribution in [3.8, 4) is 17.1 Å². The Morgan fingerprint density at radius 2 is 1.43 bits per heavy atom. The molecule has 0 saturated carbocycles. The summed E-state index contributed by atoms with van der Waals surface area (Å²) in [6.45, 7) is 0.352. The predicted octanol–water partition coefficient (Wildman–Crippen LogP) is 2.42. The molecule has 7 heteroatoms. The van der Waals surface area contributed by atoms with Gasteiger partial charge in [-0.3, -0.25) is 0 Å². The van der Waals surface area contributed by atoms with Crippen LogP contribution in [0.4, 0.5) is 16.3 Å². The fourth-order valence-electron chi connectivity index (χ4n) is 1.99. The van der Waals surface area contributed by atoms with Crippen LogP contribution in [0.3, 0.4) is 0 Å². The van der Waals surface area contributed by atoms with Crippen LogP contribution in [0, 0.1) is 5.82 Å². The van der Waals surface area contributed by atoms with Gasteiger partial charge >= 0.3 is 0 Å². The molecule has 116 valence electrons. The van der Waals surface area contributed by atoms with Gasteiger partial charge in [0.15, 0.2) is 5.82 Å². The Hall–Kier alpha value is -3.22. The van der Waals surface area contributed by atoms with E-state index in [4.69, 9.17) is 16.2 Å². The van der Waals surface area contributed by atoms with E-state index in [0.717, 1.165) is 11.1 Å². The maximum atomic E-state index is 12.8. The minimum Gasteiger partial charge on any atom is -0.489 e. The largest absolute Gasteiger partial charge is 0.489 e. The van der Waals surface area contributed by atoms with Crippen molar-refractivity contribution in [1.82, 2.24) is 15.0 Å². The van der Waals surface area contributed by atoms with Crippen molar-refractivity contribution < 1.29 is 9.13 Å². The molecule has 2 aromatic carbocycles. The first kappa shape index (κ1) is 14.7. The summed E-state index contributed by atoms with van der Waals surface area (Å²) in [5, 5.41) is 0. The second-order valence-electron chi connectivity index (χ2n) is 4.81. The van der Waals surface area contributed by atoms with Crippen molar-refractivity contribution in [2.75, 3.05) is 11.5 Å². The molecule has 0 amide bonds. The Labute approximate surface area is 132 Å². The quantitative estimate of drug-likeness (QED) is 0.767. The number of halogens is 1. The zero-order valence-corrected chi connectivity index (χ0v) is 12.1. The summed E-state index contributed by atoms with van der Waals surface area (Å²) in [5.41, 5.74) is 12.7. The van der Waals surface area contributed by atoms with Gasteiger partial charge in [-0.25, -0.2) is 4.39 Å². The van der Waals surface area contributed by atoms with E-state index in [2.05, 4.69) is 15.0 Å². The van der Waals surface area contributed by atoms with Crippen LogP contribution in [0.1, 0.15) is 5.56 Å². The Kier molecular flexibility index (Phi) is 4.01. The molecule has 0 bridgehead atoms. The van der Waals surface area contributed by atoms with Crippen molar-refractivity contribution in [3.05, 3.63) is 59.9 Å². The molecule has 23 heavy (non-hydrogen) atoms. The van der Waals surface area contributed by atoms with E-state index in [-0.39, 0.29) is 17.7 Å². The number of nitrogens with zero attached hydrogens (tertiary/aromatic N) is 3. The summed E-state index contributed by atoms with van der Waals surface area (Å²) in [5.74, 6) is 0.954. The van der Waals surface area contributed by atoms with Crippen LogP contribution >= 0.6 is 0 Å². The highest BCUT2D eigenvalue weighted by Gasteiger charge is 2.05. The first-order valence-electron chi connectivity index (χ1n) is 6.85. The second kappa shape index (κ2) is 6.27. The molecule has 0 saturated heterocycles. The van der Waals surface area contributed by atoms with Gasteiger partial charge in [0.2, 0.25) is 11.9 Å². The zero-order chi connectivity index (χ0) is 16.2. The van der Waals surface area contributed by atoms with E-state index >= 15 is 0 Å². The smallest absolute Gasteiger partial charge is 0.225 e. The van der Waals surface area contributed by atoms with Crippen molar-refractivity contribution >= 4 is 11.9 Å². The third kappa shape index (κ3) is 3.70. The van der Waals surface area contributed by atoms with E-state index in [1.807, 2.05) is 0 Å². The molecule has 0 fully saturated rings. The number of benzene rings is 2. The molecule has 1 heterocycles. The molecule has 0 aliphatic rings. The Balaban J connectivity index is 1.70. The van der Waals surface area contributed by atoms with Crippen LogP contribution in [-0.4, -0.2) is 15.0 Å². The summed E-state index contributed by atoms with van der Waals surface area (Å²) in [4.78, 5) is 11.8. The number of anilines is 2. The zero-order valence-electron chi connectivity index (χ0n) is 12.1. The van der Waals surface area contributed by atoms with Crippen LogP contribution in [0.2, 0.25) is 0 Å². The Morgan fingerprint density at radius 3 is 2.04 bits per heavy atom. The standard InChI is InChI=1S/C16H14FN5O/c17-12-5-1-10(2-6-12)9-23-13-7-3-11(4-8-13)14-20-15(18)22-16(19)21-14/h1-8H,9H2,(H4,18,19,20,21,22). The second-order valence-corrected chi connectivity index (χ2v) is 4.81. The van der Waals surface area contributed by atoms with Gasteiger partial charge in [0.05, 0.1) is 0 Å². The van der Waals surface area contributed by atoms with Crippen molar-refractivity contribution in [2.24, 2.45) is 0 Å². The maximum Gasteiger partial charge on any atom is 0.225 e. The lowest BCUT2D eigenvalue weighted by atomic mass is 10.2. The maximum absolute atomic E-state index is 12.8. The molecule has 4 N–H and O–H groups in total. The van der Waals surface area contributed by atoms with Gasteiger partial charge in [0, 0.05) is 5.56 Å². The van der Waals surface area contributed by atoms with E-state index in [9.17, 15) is 4.39 Å². The molecule has 6 nitrogen and oxygen atoms in total. The van der Waals surface area contributed by atoms with E-state index in [0.29, 0.717) is 18.2 Å². The lowest BCUT2D eigenvalue weighted by molar-refractivity contribution is 0.306. The first-order chi connectivity index (χ1) is 11.1. The topological polar surface area (TPSA) is 99.9 Å². The first-order valence-corrected chi connectivity index (χ1v) is 6.85. The molecule has 0 spiro atoms. The number of ether oxygens (including phenoxy) is 1. The molecule has 3 rings (SSSR count). The highest BCUT2D eigenvalue weighted by Crippen LogP contribution is 2.21. The predicted molar refractivity (Wildman–Crippen MR) is 84.8 cm³/mol. The molecule has 3 aromatic rings. The summed E-state index contributed by atoms with van der Waals surface area (Å²) < 4.78 is 18.5. The lowest BCUT2D eigenvalue weighted by Gasteiger charge is -2.07. The molecule has 0 unspecified atom stereocenters. The normalized spacial score (nSPS) is 10.5. The Morgan fingerprint density at radius 1 is 0.826 bits per heavy atom. The number of hydrogen-bond donors (Lipinski definition) is 2. The lowest BCUT2D eigenvalue weighted by Crippen LogP contribution is -2.04. The molecular weight excluding hydrogens is 297 g/mol. The van der Waals surface area contributed by atoms with Gasteiger partial charge in [-0.1, -0.05) is 12.1 Å². The van der Waals surface area contributed by atoms with Crippen LogP contribution in [0.15, 0.2) is 48.5 Å². The summed E-state index contributed by atoms with van der Waals surface area (Å²) >= 11 is 0. The fraction of sp³-hybridized carbons (Fsp3) is 0.0625. The summed E-state index contributed by atoms with van der Waals surface area (Å²) in [6.07, 6.45) is 0. The third-order valence-corrected chi connectivity index (χ3v) is 3.10. The number of rotatable bonds is 4. The van der Waals surface area contributed by atoms with Gasteiger partial charge in [-0.2, -0.15) is 15.0 Å². The van der Waals surface area contributed by atoms with Gasteiger partial charge < -0.3 is 16.2 Å². The van der Waals surface area contributed by atoms with Gasteiger partial charge in [0.25, 0.3) is 0 Å². The number of nitrogens with two attached hydrogens (primary N) is 2. The molecule has 1 aromatic heterocycles. The van der Waals surface area contributed by atoms with E-state index in [1.165, 1.54) is 12.1 Å². The molecule has 0 radical (unpaired) electrons. The van der Waals surface area contributed by atoms with Crippen molar-refractivity contribution in [3.63, 3.8) is 0 Å². The summed E-state index contributed by atoms with van der Waals surface area (Å²) in [6, 6.07) is 13.3. The SMILES string of the molecule is Nc1nc(N)nc(-c2ccc(OCc3ccc(F)cc3)cc2)n1.